The third-order valence-corrected chi connectivity index (χ3v) is 5.56. The van der Waals surface area contributed by atoms with Gasteiger partial charge in [0.2, 0.25) is 5.91 Å². The summed E-state index contributed by atoms with van der Waals surface area (Å²) in [6.07, 6.45) is 0. The van der Waals surface area contributed by atoms with E-state index in [0.29, 0.717) is 22.4 Å². The van der Waals surface area contributed by atoms with Gasteiger partial charge in [0.1, 0.15) is 5.75 Å². The number of imidazole rings is 1. The molecule has 1 heterocycles. The number of carbonyl (C=O) groups is 1. The Morgan fingerprint density at radius 1 is 1.25 bits per heavy atom. The van der Waals surface area contributed by atoms with Crippen molar-refractivity contribution in [3.63, 3.8) is 0 Å². The van der Waals surface area contributed by atoms with E-state index < -0.39 is 0 Å². The minimum atomic E-state index is -0.341. The Labute approximate surface area is 174 Å². The highest BCUT2D eigenvalue weighted by atomic mass is 35.5. The monoisotopic (exact) mass is 417 g/mol. The Morgan fingerprint density at radius 2 is 2.00 bits per heavy atom. The lowest BCUT2D eigenvalue weighted by atomic mass is 10.2. The summed E-state index contributed by atoms with van der Waals surface area (Å²) >= 11 is 7.50. The smallest absolute Gasteiger partial charge is 0.237 e. The summed E-state index contributed by atoms with van der Waals surface area (Å²) in [7, 11) is 1.56. The first kappa shape index (κ1) is 20.6. The Kier molecular flexibility index (Phi) is 6.52. The molecule has 3 rings (SSSR count). The number of methoxy groups -OCH3 is 1. The lowest BCUT2D eigenvalue weighted by Crippen LogP contribution is -2.23. The zero-order valence-corrected chi connectivity index (χ0v) is 18.0. The van der Waals surface area contributed by atoms with Gasteiger partial charge in [-0.3, -0.25) is 4.79 Å². The quantitative estimate of drug-likeness (QED) is 0.517. The molecule has 1 atom stereocenters. The highest BCUT2D eigenvalue weighted by Crippen LogP contribution is 2.31. The first-order valence-corrected chi connectivity index (χ1v) is 10.4. The second-order valence-corrected chi connectivity index (χ2v) is 8.73. The molecule has 0 aliphatic rings. The van der Waals surface area contributed by atoms with Gasteiger partial charge in [0.05, 0.1) is 29.1 Å². The molecule has 1 N–H and O–H groups in total. The van der Waals surface area contributed by atoms with Crippen LogP contribution >= 0.6 is 23.4 Å². The third kappa shape index (κ3) is 4.62. The number of rotatable bonds is 7. The molecule has 0 radical (unpaired) electrons. The van der Waals surface area contributed by atoms with Crippen LogP contribution < -0.4 is 10.1 Å². The minimum absolute atomic E-state index is 0.131. The maximum Gasteiger partial charge on any atom is 0.237 e. The number of hydrogen-bond acceptors (Lipinski definition) is 4. The molecule has 0 saturated heterocycles. The molecule has 2 aromatic carbocycles. The lowest BCUT2D eigenvalue weighted by Gasteiger charge is -2.16. The largest absolute Gasteiger partial charge is 0.495 e. The van der Waals surface area contributed by atoms with E-state index in [1.807, 2.05) is 25.1 Å². The Bertz CT molecular complexity index is 987. The van der Waals surface area contributed by atoms with Crippen molar-refractivity contribution in [1.82, 2.24) is 9.55 Å². The highest BCUT2D eigenvalue weighted by Gasteiger charge is 2.21. The molecular formula is C21H24ClN3O2S. The number of anilines is 1. The van der Waals surface area contributed by atoms with E-state index in [0.717, 1.165) is 22.7 Å². The molecule has 0 aliphatic heterocycles. The normalized spacial score (nSPS) is 12.4. The van der Waals surface area contributed by atoms with E-state index in [9.17, 15) is 4.79 Å². The summed E-state index contributed by atoms with van der Waals surface area (Å²) < 4.78 is 7.49. The van der Waals surface area contributed by atoms with Crippen molar-refractivity contribution in [1.29, 1.82) is 0 Å². The Balaban J connectivity index is 1.82. The Morgan fingerprint density at radius 3 is 2.71 bits per heavy atom. The fraction of sp³-hybridized carbons (Fsp3) is 0.333. The van der Waals surface area contributed by atoms with Gasteiger partial charge in [0.25, 0.3) is 0 Å². The summed E-state index contributed by atoms with van der Waals surface area (Å²) in [6, 6.07) is 13.2. The van der Waals surface area contributed by atoms with Crippen molar-refractivity contribution in [3.8, 4) is 5.75 Å². The van der Waals surface area contributed by atoms with E-state index >= 15 is 0 Å². The average molecular weight is 418 g/mol. The number of amides is 1. The van der Waals surface area contributed by atoms with Crippen LogP contribution in [-0.2, 0) is 11.3 Å². The van der Waals surface area contributed by atoms with Crippen molar-refractivity contribution in [2.75, 3.05) is 12.4 Å². The molecule has 28 heavy (non-hydrogen) atoms. The standard InChI is InChI=1S/C21H24ClN3O2S/c1-13(2)12-25-18-8-6-5-7-16(18)24-21(25)28-14(3)20(26)23-17-11-15(22)9-10-19(17)27-4/h5-11,13-14H,12H2,1-4H3,(H,23,26)/t14-/m1/s1. The first-order valence-electron chi connectivity index (χ1n) is 9.15. The van der Waals surface area contributed by atoms with Crippen molar-refractivity contribution in [3.05, 3.63) is 47.5 Å². The number of hydrogen-bond donors (Lipinski definition) is 1. The summed E-state index contributed by atoms with van der Waals surface area (Å²) in [5, 5.41) is 3.95. The number of carbonyl (C=O) groups excluding carboxylic acids is 1. The van der Waals surface area contributed by atoms with E-state index in [2.05, 4.69) is 29.8 Å². The first-order chi connectivity index (χ1) is 13.4. The van der Waals surface area contributed by atoms with Gasteiger partial charge in [-0.2, -0.15) is 0 Å². The van der Waals surface area contributed by atoms with Crippen LogP contribution in [0.15, 0.2) is 47.6 Å². The predicted molar refractivity (Wildman–Crippen MR) is 117 cm³/mol. The second kappa shape index (κ2) is 8.88. The van der Waals surface area contributed by atoms with Crippen LogP contribution in [0.5, 0.6) is 5.75 Å². The van der Waals surface area contributed by atoms with Crippen LogP contribution in [0.25, 0.3) is 11.0 Å². The molecular weight excluding hydrogens is 394 g/mol. The highest BCUT2D eigenvalue weighted by molar-refractivity contribution is 8.00. The molecule has 148 valence electrons. The number of ether oxygens (including phenoxy) is 1. The number of halogens is 1. The van der Waals surface area contributed by atoms with Gasteiger partial charge < -0.3 is 14.6 Å². The van der Waals surface area contributed by atoms with Crippen molar-refractivity contribution in [2.24, 2.45) is 5.92 Å². The summed E-state index contributed by atoms with van der Waals surface area (Å²) in [5.41, 5.74) is 2.58. The molecule has 0 bridgehead atoms. The number of thioether (sulfide) groups is 1. The molecule has 1 aromatic heterocycles. The molecule has 3 aromatic rings. The number of benzene rings is 2. The number of nitrogens with one attached hydrogen (secondary N) is 1. The van der Waals surface area contributed by atoms with Crippen LogP contribution in [0, 0.1) is 5.92 Å². The fourth-order valence-corrected chi connectivity index (χ4v) is 4.01. The number of fused-ring (bicyclic) bond motifs is 1. The lowest BCUT2D eigenvalue weighted by molar-refractivity contribution is -0.115. The average Bonchev–Trinajstić information content (AvgIpc) is 2.98. The molecule has 0 unspecified atom stereocenters. The van der Waals surface area contributed by atoms with Crippen LogP contribution in [0.1, 0.15) is 20.8 Å². The molecule has 7 heteroatoms. The maximum absolute atomic E-state index is 12.8. The molecule has 0 spiro atoms. The van der Waals surface area contributed by atoms with Gasteiger partial charge >= 0.3 is 0 Å². The van der Waals surface area contributed by atoms with Gasteiger partial charge in [-0.05, 0) is 43.2 Å². The summed E-state index contributed by atoms with van der Waals surface area (Å²) in [5.74, 6) is 0.910. The number of para-hydroxylation sites is 2. The molecule has 0 saturated carbocycles. The minimum Gasteiger partial charge on any atom is -0.495 e. The molecule has 5 nitrogen and oxygen atoms in total. The van der Waals surface area contributed by atoms with Gasteiger partial charge in [-0.25, -0.2) is 4.98 Å². The van der Waals surface area contributed by atoms with Gasteiger partial charge in [0.15, 0.2) is 5.16 Å². The van der Waals surface area contributed by atoms with E-state index in [1.54, 1.807) is 25.3 Å². The van der Waals surface area contributed by atoms with E-state index in [-0.39, 0.29) is 11.2 Å². The van der Waals surface area contributed by atoms with Crippen LogP contribution in [0.3, 0.4) is 0 Å². The van der Waals surface area contributed by atoms with E-state index in [4.69, 9.17) is 21.3 Å². The Hall–Kier alpha value is -2.18. The van der Waals surface area contributed by atoms with E-state index in [1.165, 1.54) is 11.8 Å². The zero-order chi connectivity index (χ0) is 20.3. The predicted octanol–water partition coefficient (Wildman–Crippen LogP) is 5.47. The number of nitrogens with zero attached hydrogens (tertiary/aromatic N) is 2. The third-order valence-electron chi connectivity index (χ3n) is 4.24. The summed E-state index contributed by atoms with van der Waals surface area (Å²) in [6.45, 7) is 7.06. The SMILES string of the molecule is COc1ccc(Cl)cc1NC(=O)[C@@H](C)Sc1nc2ccccc2n1CC(C)C. The molecule has 0 aliphatic carbocycles. The van der Waals surface area contributed by atoms with Crippen LogP contribution in [-0.4, -0.2) is 27.8 Å². The topological polar surface area (TPSA) is 56.1 Å². The van der Waals surface area contributed by atoms with Gasteiger partial charge in [0, 0.05) is 11.6 Å². The van der Waals surface area contributed by atoms with Crippen molar-refractivity contribution < 1.29 is 9.53 Å². The van der Waals surface area contributed by atoms with Crippen LogP contribution in [0.2, 0.25) is 5.02 Å². The summed E-state index contributed by atoms with van der Waals surface area (Å²) in [4.78, 5) is 17.5. The molecule has 1 amide bonds. The maximum atomic E-state index is 12.8. The zero-order valence-electron chi connectivity index (χ0n) is 16.4. The van der Waals surface area contributed by atoms with Gasteiger partial charge in [-0.1, -0.05) is 49.3 Å². The fourth-order valence-electron chi connectivity index (χ4n) is 2.91. The second-order valence-electron chi connectivity index (χ2n) is 6.98. The number of aromatic nitrogens is 2. The van der Waals surface area contributed by atoms with Crippen molar-refractivity contribution >= 4 is 46.0 Å². The van der Waals surface area contributed by atoms with Crippen LogP contribution in [0.4, 0.5) is 5.69 Å². The van der Waals surface area contributed by atoms with Crippen molar-refractivity contribution in [2.45, 2.75) is 37.7 Å². The molecule has 0 fully saturated rings. The van der Waals surface area contributed by atoms with Gasteiger partial charge in [-0.15, -0.1) is 0 Å².